The van der Waals surface area contributed by atoms with Gasteiger partial charge in [-0.2, -0.15) is 0 Å². The number of carbonyl (C=O) groups excluding carboxylic acids is 6. The molecule has 4 bridgehead atoms. The summed E-state index contributed by atoms with van der Waals surface area (Å²) in [6.45, 7) is -0.811. The number of hydrogen-bond acceptors (Lipinski definition) is 8. The Morgan fingerprint density at radius 1 is 0.553 bits per heavy atom. The molecule has 2 aromatic carbocycles. The van der Waals surface area contributed by atoms with Crippen molar-refractivity contribution < 1.29 is 37.2 Å². The molecule has 13 heteroatoms. The fourth-order valence-electron chi connectivity index (χ4n) is 8.50. The first kappa shape index (κ1) is 29.5. The number of nitrogens with zero attached hydrogens (tertiary/aromatic N) is 2. The average Bonchev–Trinajstić information content (AvgIpc) is 3.91. The first-order chi connectivity index (χ1) is 22.5. The maximum absolute atomic E-state index is 13.3. The lowest BCUT2D eigenvalue weighted by atomic mass is 9.85. The third-order valence-electron chi connectivity index (χ3n) is 10.6. The minimum Gasteiger partial charge on any atom is -0.325 e. The molecule has 0 radical (unpaired) electrons. The van der Waals surface area contributed by atoms with Gasteiger partial charge in [-0.25, -0.2) is 8.42 Å². The van der Waals surface area contributed by atoms with E-state index >= 15 is 0 Å². The Labute approximate surface area is 269 Å². The number of rotatable bonds is 8. The number of likely N-dealkylation sites (tertiary alicyclic amines) is 2. The Hall–Kier alpha value is -4.91. The molecule has 6 amide bonds. The van der Waals surface area contributed by atoms with Crippen LogP contribution >= 0.6 is 0 Å². The molecule has 12 nitrogen and oxygen atoms in total. The molecular formula is C34H30N4O8S. The summed E-state index contributed by atoms with van der Waals surface area (Å²) in [6.07, 6.45) is 9.53. The van der Waals surface area contributed by atoms with Crippen LogP contribution in [0.15, 0.2) is 82.6 Å². The lowest BCUT2D eigenvalue weighted by Gasteiger charge is -2.17. The number of carbonyl (C=O) groups is 6. The van der Waals surface area contributed by atoms with Gasteiger partial charge in [0.1, 0.15) is 13.1 Å². The molecule has 2 saturated carbocycles. The smallest absolute Gasteiger partial charge is 0.244 e. The van der Waals surface area contributed by atoms with E-state index in [1.54, 1.807) is 0 Å². The molecule has 8 rings (SSSR count). The fraction of sp³-hybridized carbons (Fsp3) is 0.353. The summed E-state index contributed by atoms with van der Waals surface area (Å²) in [7, 11) is -3.95. The van der Waals surface area contributed by atoms with Crippen molar-refractivity contribution in [1.82, 2.24) is 9.80 Å². The lowest BCUT2D eigenvalue weighted by Crippen LogP contribution is -2.39. The van der Waals surface area contributed by atoms with Gasteiger partial charge in [0.2, 0.25) is 45.3 Å². The molecule has 8 atom stereocenters. The van der Waals surface area contributed by atoms with Crippen molar-refractivity contribution in [2.24, 2.45) is 47.3 Å². The van der Waals surface area contributed by atoms with E-state index in [4.69, 9.17) is 0 Å². The van der Waals surface area contributed by atoms with Crippen molar-refractivity contribution in [3.8, 4) is 0 Å². The van der Waals surface area contributed by atoms with Gasteiger partial charge in [-0.05, 0) is 85.0 Å². The van der Waals surface area contributed by atoms with Gasteiger partial charge in [0.15, 0.2) is 0 Å². The van der Waals surface area contributed by atoms with Crippen LogP contribution < -0.4 is 10.6 Å². The van der Waals surface area contributed by atoms with Crippen LogP contribution in [0.4, 0.5) is 11.4 Å². The minimum absolute atomic E-state index is 0.0342. The van der Waals surface area contributed by atoms with Crippen LogP contribution in [0, 0.1) is 47.3 Å². The summed E-state index contributed by atoms with van der Waals surface area (Å²) in [5.74, 6) is -3.77. The van der Waals surface area contributed by atoms with E-state index in [0.717, 1.165) is 22.6 Å². The summed E-state index contributed by atoms with van der Waals surface area (Å²) >= 11 is 0. The van der Waals surface area contributed by atoms with Crippen molar-refractivity contribution in [3.63, 3.8) is 0 Å². The van der Waals surface area contributed by atoms with E-state index in [1.165, 1.54) is 48.5 Å². The van der Waals surface area contributed by atoms with E-state index in [-0.39, 0.29) is 80.8 Å². The van der Waals surface area contributed by atoms with Gasteiger partial charge in [0.05, 0.1) is 33.5 Å². The highest BCUT2D eigenvalue weighted by molar-refractivity contribution is 7.91. The second-order valence-electron chi connectivity index (χ2n) is 13.2. The fourth-order valence-corrected chi connectivity index (χ4v) is 9.76. The van der Waals surface area contributed by atoms with Crippen molar-refractivity contribution in [2.45, 2.75) is 22.6 Å². The van der Waals surface area contributed by atoms with Crippen molar-refractivity contribution >= 4 is 56.7 Å². The number of anilines is 2. The highest BCUT2D eigenvalue weighted by atomic mass is 32.2. The second-order valence-corrected chi connectivity index (χ2v) is 15.1. The zero-order chi connectivity index (χ0) is 32.8. The van der Waals surface area contributed by atoms with Gasteiger partial charge in [0, 0.05) is 11.4 Å². The third kappa shape index (κ3) is 4.58. The van der Waals surface area contributed by atoms with E-state index in [9.17, 15) is 37.2 Å². The zero-order valence-corrected chi connectivity index (χ0v) is 25.8. The van der Waals surface area contributed by atoms with Gasteiger partial charge in [-0.3, -0.25) is 38.6 Å². The molecule has 0 spiro atoms. The first-order valence-electron chi connectivity index (χ1n) is 15.6. The number of sulfone groups is 1. The Balaban J connectivity index is 0.864. The normalized spacial score (nSPS) is 31.2. The maximum Gasteiger partial charge on any atom is 0.244 e. The quantitative estimate of drug-likeness (QED) is 0.322. The topological polar surface area (TPSA) is 167 Å². The monoisotopic (exact) mass is 654 g/mol. The van der Waals surface area contributed by atoms with Gasteiger partial charge < -0.3 is 10.6 Å². The van der Waals surface area contributed by atoms with E-state index < -0.39 is 34.7 Å². The minimum atomic E-state index is -3.95. The van der Waals surface area contributed by atoms with E-state index in [1.807, 2.05) is 24.3 Å². The third-order valence-corrected chi connectivity index (χ3v) is 12.4. The largest absolute Gasteiger partial charge is 0.325 e. The Bertz CT molecular complexity index is 1740. The molecule has 4 fully saturated rings. The standard InChI is InChI=1S/C34H30N4O8S/c39-25(15-37-31(41)27-17-1-2-18(13-17)28(27)32(37)42)35-21-5-9-23(10-6-21)47(45,46)24-11-7-22(8-12-24)36-26(40)16-38-33(43)29-19-3-4-20(14-19)30(29)34(38)44/h1-12,17-20,27-30H,13-16H2,(H,35,39)(H,36,40). The van der Waals surface area contributed by atoms with Crippen molar-refractivity contribution in [1.29, 1.82) is 0 Å². The van der Waals surface area contributed by atoms with Crippen LogP contribution in [0.1, 0.15) is 12.8 Å². The Morgan fingerprint density at radius 3 is 1.15 bits per heavy atom. The van der Waals surface area contributed by atoms with Crippen LogP contribution in [0.25, 0.3) is 0 Å². The summed E-state index contributed by atoms with van der Waals surface area (Å²) in [5.41, 5.74) is 0.603. The Morgan fingerprint density at radius 2 is 0.851 bits per heavy atom. The van der Waals surface area contributed by atoms with Gasteiger partial charge >= 0.3 is 0 Å². The van der Waals surface area contributed by atoms with Crippen LogP contribution in [0.3, 0.4) is 0 Å². The molecule has 2 heterocycles. The summed E-state index contributed by atoms with van der Waals surface area (Å²) < 4.78 is 26.5. The number of allylic oxidation sites excluding steroid dienone is 4. The summed E-state index contributed by atoms with van der Waals surface area (Å²) in [4.78, 5) is 78.9. The molecule has 0 aromatic heterocycles. The Kier molecular flexibility index (Phi) is 6.62. The van der Waals surface area contributed by atoms with Crippen molar-refractivity contribution in [2.75, 3.05) is 23.7 Å². The first-order valence-corrected chi connectivity index (χ1v) is 17.1. The second kappa shape index (κ2) is 10.6. The van der Waals surface area contributed by atoms with Crippen LogP contribution in [-0.2, 0) is 38.6 Å². The van der Waals surface area contributed by atoms with E-state index in [0.29, 0.717) is 11.4 Å². The number of benzene rings is 2. The molecule has 2 saturated heterocycles. The summed E-state index contributed by atoms with van der Waals surface area (Å²) in [6, 6.07) is 11.0. The van der Waals surface area contributed by atoms with Crippen LogP contribution in [0.2, 0.25) is 0 Å². The molecular weight excluding hydrogens is 624 g/mol. The summed E-state index contributed by atoms with van der Waals surface area (Å²) in [5, 5.41) is 5.25. The molecule has 2 N–H and O–H groups in total. The van der Waals surface area contributed by atoms with Crippen LogP contribution in [0.5, 0.6) is 0 Å². The lowest BCUT2D eigenvalue weighted by molar-refractivity contribution is -0.144. The predicted octanol–water partition coefficient (Wildman–Crippen LogP) is 2.01. The zero-order valence-electron chi connectivity index (χ0n) is 24.9. The van der Waals surface area contributed by atoms with E-state index in [2.05, 4.69) is 10.6 Å². The van der Waals surface area contributed by atoms with Crippen molar-refractivity contribution in [3.05, 3.63) is 72.8 Å². The molecule has 2 aromatic rings. The number of imide groups is 2. The molecule has 240 valence electrons. The SMILES string of the molecule is O=C(CN1C(=O)C2C3C=CC(C3)C2C1=O)Nc1ccc(S(=O)(=O)c2ccc(NC(=O)CN3C(=O)C4C5C=CC(C5)C4C3=O)cc2)cc1. The van der Waals surface area contributed by atoms with Gasteiger partial charge in [-0.1, -0.05) is 24.3 Å². The van der Waals surface area contributed by atoms with Crippen LogP contribution in [-0.4, -0.2) is 66.8 Å². The number of fused-ring (bicyclic) bond motifs is 10. The molecule has 2 aliphatic heterocycles. The number of amides is 6. The number of hydrogen-bond donors (Lipinski definition) is 2. The average molecular weight is 655 g/mol. The highest BCUT2D eigenvalue weighted by Crippen LogP contribution is 2.53. The number of nitrogens with one attached hydrogen (secondary N) is 2. The molecule has 8 unspecified atom stereocenters. The molecule has 6 aliphatic rings. The van der Waals surface area contributed by atoms with Gasteiger partial charge in [-0.15, -0.1) is 0 Å². The van der Waals surface area contributed by atoms with Gasteiger partial charge in [0.25, 0.3) is 0 Å². The highest BCUT2D eigenvalue weighted by Gasteiger charge is 2.60. The maximum atomic E-state index is 13.3. The predicted molar refractivity (Wildman–Crippen MR) is 164 cm³/mol. The molecule has 4 aliphatic carbocycles. The molecule has 47 heavy (non-hydrogen) atoms.